The van der Waals surface area contributed by atoms with Crippen molar-refractivity contribution in [2.45, 2.75) is 0 Å². The molecule has 32 valence electrons. The molecule has 0 N–H and O–H groups in total. The Kier molecular flexibility index (Phi) is 2.18. The fraction of sp³-hybridized carbons (Fsp3) is 0. The van der Waals surface area contributed by atoms with E-state index in [1.165, 1.54) is 0 Å². The minimum absolute atomic E-state index is 0.190. The van der Waals surface area contributed by atoms with Crippen LogP contribution in [-0.2, 0) is 0 Å². The van der Waals surface area contributed by atoms with E-state index < -0.39 is 0 Å². The van der Waals surface area contributed by atoms with E-state index in [0.717, 1.165) is 0 Å². The van der Waals surface area contributed by atoms with E-state index in [9.17, 15) is 0 Å². The van der Waals surface area contributed by atoms with E-state index in [4.69, 9.17) is 0 Å². The van der Waals surface area contributed by atoms with Crippen molar-refractivity contribution >= 4 is 32.7 Å². The van der Waals surface area contributed by atoms with Gasteiger partial charge in [-0.05, 0) is 0 Å². The standard InChI is InChI=1S/C4H4STe/c1-3-6-4-2-5-1/h1-4H. The third-order valence-corrected chi connectivity index (χ3v) is 3.76. The Morgan fingerprint density at radius 2 is 1.83 bits per heavy atom. The van der Waals surface area contributed by atoms with Crippen LogP contribution in [0.5, 0.6) is 0 Å². The average molecular weight is 212 g/mol. The molecule has 0 aliphatic carbocycles. The molecule has 0 aromatic carbocycles. The first kappa shape index (κ1) is 4.77. The predicted octanol–water partition coefficient (Wildman–Crippen LogP) is 1.38. The van der Waals surface area contributed by atoms with Crippen LogP contribution in [0.3, 0.4) is 0 Å². The number of hydrogen-bond acceptors (Lipinski definition) is 1. The first-order chi connectivity index (χ1) is 3.00. The molecule has 0 radical (unpaired) electrons. The van der Waals surface area contributed by atoms with Crippen LogP contribution < -0.4 is 0 Å². The van der Waals surface area contributed by atoms with Crippen molar-refractivity contribution in [1.82, 2.24) is 0 Å². The normalized spacial score (nSPS) is 18.7. The van der Waals surface area contributed by atoms with Crippen LogP contribution >= 0.6 is 11.8 Å². The fourth-order valence-electron chi connectivity index (χ4n) is 0.219. The molecule has 1 aliphatic rings. The molecule has 1 rings (SSSR count). The second-order valence-electron chi connectivity index (χ2n) is 0.816. The van der Waals surface area contributed by atoms with Crippen molar-refractivity contribution in [3.63, 3.8) is 0 Å². The quantitative estimate of drug-likeness (QED) is 0.546. The molecule has 0 saturated heterocycles. The van der Waals surface area contributed by atoms with Gasteiger partial charge in [0.25, 0.3) is 0 Å². The Bertz CT molecular complexity index is 65.5. The van der Waals surface area contributed by atoms with Gasteiger partial charge in [-0.25, -0.2) is 0 Å². The Balaban J connectivity index is 2.40. The molecule has 1 aliphatic heterocycles. The summed E-state index contributed by atoms with van der Waals surface area (Å²) in [5, 5.41) is 4.31. The van der Waals surface area contributed by atoms with Crippen molar-refractivity contribution in [2.75, 3.05) is 0 Å². The van der Waals surface area contributed by atoms with Crippen molar-refractivity contribution in [3.8, 4) is 0 Å². The second kappa shape index (κ2) is 2.74. The molecule has 6 heavy (non-hydrogen) atoms. The van der Waals surface area contributed by atoms with Gasteiger partial charge in [0.05, 0.1) is 0 Å². The van der Waals surface area contributed by atoms with Gasteiger partial charge in [0.2, 0.25) is 0 Å². The van der Waals surface area contributed by atoms with Gasteiger partial charge in [0, 0.05) is 0 Å². The molecule has 0 spiro atoms. The van der Waals surface area contributed by atoms with E-state index in [1.807, 2.05) is 0 Å². The topological polar surface area (TPSA) is 0 Å². The SMILES string of the molecule is C1=C[Te]C=CS1. The molecule has 0 saturated carbocycles. The Labute approximate surface area is 51.8 Å². The summed E-state index contributed by atoms with van der Waals surface area (Å²) < 4.78 is 4.55. The van der Waals surface area contributed by atoms with Crippen molar-refractivity contribution in [2.24, 2.45) is 0 Å². The fourth-order valence-corrected chi connectivity index (χ4v) is 3.02. The summed E-state index contributed by atoms with van der Waals surface area (Å²) in [6, 6.07) is 0. The van der Waals surface area contributed by atoms with Gasteiger partial charge in [-0.3, -0.25) is 0 Å². The summed E-state index contributed by atoms with van der Waals surface area (Å²) in [4.78, 5) is 0. The van der Waals surface area contributed by atoms with Crippen LogP contribution in [-0.4, -0.2) is 20.9 Å². The monoisotopic (exact) mass is 214 g/mol. The number of thioether (sulfide) groups is 1. The Morgan fingerprint density at radius 3 is 2.00 bits per heavy atom. The van der Waals surface area contributed by atoms with Crippen molar-refractivity contribution in [3.05, 3.63) is 19.1 Å². The van der Waals surface area contributed by atoms with Crippen LogP contribution in [0.15, 0.2) is 19.1 Å². The molecule has 0 fully saturated rings. The van der Waals surface area contributed by atoms with E-state index in [0.29, 0.717) is 0 Å². The Morgan fingerprint density at radius 1 is 1.17 bits per heavy atom. The van der Waals surface area contributed by atoms with Crippen LogP contribution in [0.1, 0.15) is 0 Å². The van der Waals surface area contributed by atoms with Gasteiger partial charge < -0.3 is 0 Å². The third-order valence-electron chi connectivity index (χ3n) is 0.425. The molecule has 0 nitrogen and oxygen atoms in total. The summed E-state index contributed by atoms with van der Waals surface area (Å²) >= 11 is 1.96. The van der Waals surface area contributed by atoms with Gasteiger partial charge in [-0.1, -0.05) is 0 Å². The predicted molar refractivity (Wildman–Crippen MR) is 31.6 cm³/mol. The zero-order chi connectivity index (χ0) is 4.24. The number of rotatable bonds is 0. The van der Waals surface area contributed by atoms with Crippen LogP contribution in [0.25, 0.3) is 0 Å². The summed E-state index contributed by atoms with van der Waals surface area (Å²) in [6.45, 7) is 0. The van der Waals surface area contributed by atoms with Gasteiger partial charge in [0.1, 0.15) is 0 Å². The summed E-state index contributed by atoms with van der Waals surface area (Å²) in [6.07, 6.45) is 0. The van der Waals surface area contributed by atoms with E-state index in [2.05, 4.69) is 19.1 Å². The number of hydrogen-bond donors (Lipinski definition) is 0. The second-order valence-corrected chi connectivity index (χ2v) is 3.96. The molecule has 2 heteroatoms. The zero-order valence-corrected chi connectivity index (χ0v) is 6.27. The van der Waals surface area contributed by atoms with E-state index >= 15 is 0 Å². The first-order valence-electron chi connectivity index (χ1n) is 1.61. The van der Waals surface area contributed by atoms with E-state index in [-0.39, 0.29) is 20.9 Å². The summed E-state index contributed by atoms with van der Waals surface area (Å²) in [7, 11) is 0. The first-order valence-corrected chi connectivity index (χ1v) is 5.24. The maximum atomic E-state index is 2.27. The maximum absolute atomic E-state index is 2.27. The zero-order valence-electron chi connectivity index (χ0n) is 3.13. The average Bonchev–Trinajstić information content (AvgIpc) is 1.72. The minimum atomic E-state index is 0.190. The molecule has 0 unspecified atom stereocenters. The van der Waals surface area contributed by atoms with Crippen molar-refractivity contribution in [1.29, 1.82) is 0 Å². The van der Waals surface area contributed by atoms with Crippen LogP contribution in [0.2, 0.25) is 0 Å². The van der Waals surface area contributed by atoms with Crippen LogP contribution in [0, 0.1) is 0 Å². The summed E-state index contributed by atoms with van der Waals surface area (Å²) in [5.41, 5.74) is 0. The van der Waals surface area contributed by atoms with Crippen molar-refractivity contribution < 1.29 is 0 Å². The molecule has 1 heterocycles. The molecule has 0 aromatic rings. The molecular formula is C4H4STe. The molecule has 0 aromatic heterocycles. The van der Waals surface area contributed by atoms with Gasteiger partial charge in [-0.15, -0.1) is 0 Å². The molecular weight excluding hydrogens is 208 g/mol. The van der Waals surface area contributed by atoms with Gasteiger partial charge >= 0.3 is 51.7 Å². The molecule has 0 atom stereocenters. The van der Waals surface area contributed by atoms with Gasteiger partial charge in [-0.2, -0.15) is 0 Å². The third kappa shape index (κ3) is 1.38. The molecule has 0 amide bonds. The molecule has 0 bridgehead atoms. The van der Waals surface area contributed by atoms with E-state index in [1.54, 1.807) is 11.8 Å². The summed E-state index contributed by atoms with van der Waals surface area (Å²) in [5.74, 6) is 0. The van der Waals surface area contributed by atoms with Gasteiger partial charge in [0.15, 0.2) is 0 Å². The van der Waals surface area contributed by atoms with Crippen LogP contribution in [0.4, 0.5) is 0 Å². The Hall–Kier alpha value is 0.620.